The molecule has 3 nitrogen and oxygen atoms in total. The van der Waals surface area contributed by atoms with Gasteiger partial charge in [0.25, 0.3) is 0 Å². The molecule has 60 valence electrons. The van der Waals surface area contributed by atoms with Crippen LogP contribution in [0.1, 0.15) is 15.5 Å². The van der Waals surface area contributed by atoms with Gasteiger partial charge in [0.05, 0.1) is 11.6 Å². The number of aromatic nitrogens is 1. The lowest BCUT2D eigenvalue weighted by atomic mass is 10.3. The van der Waals surface area contributed by atoms with Gasteiger partial charge in [-0.15, -0.1) is 11.3 Å². The van der Waals surface area contributed by atoms with E-state index in [-0.39, 0.29) is 5.78 Å². The second kappa shape index (κ2) is 3.59. The predicted octanol–water partition coefficient (Wildman–Crippen LogP) is 0.854. The first-order chi connectivity index (χ1) is 5.24. The summed E-state index contributed by atoms with van der Waals surface area (Å²) in [6, 6.07) is 0. The van der Waals surface area contributed by atoms with E-state index >= 15 is 0 Å². The molecule has 1 aromatic heterocycles. The molecule has 0 spiro atoms. The number of aryl methyl sites for hydroxylation is 1. The topological polar surface area (TPSA) is 42.0 Å². The van der Waals surface area contributed by atoms with Gasteiger partial charge < -0.3 is 5.32 Å². The van der Waals surface area contributed by atoms with Crippen LogP contribution in [0.3, 0.4) is 0 Å². The summed E-state index contributed by atoms with van der Waals surface area (Å²) < 4.78 is 0. The van der Waals surface area contributed by atoms with Gasteiger partial charge in [0, 0.05) is 5.38 Å². The Kier molecular flexibility index (Phi) is 2.73. The average Bonchev–Trinajstić information content (AvgIpc) is 2.36. The molecule has 0 atom stereocenters. The normalized spacial score (nSPS) is 10.0. The Balaban J connectivity index is 2.69. The molecule has 1 heterocycles. The van der Waals surface area contributed by atoms with E-state index < -0.39 is 0 Å². The van der Waals surface area contributed by atoms with Gasteiger partial charge in [-0.05, 0) is 14.0 Å². The number of hydrogen-bond donors (Lipinski definition) is 1. The summed E-state index contributed by atoms with van der Waals surface area (Å²) in [6.07, 6.45) is 0. The molecule has 0 amide bonds. The highest BCUT2D eigenvalue weighted by Crippen LogP contribution is 2.07. The first-order valence-electron chi connectivity index (χ1n) is 3.34. The lowest BCUT2D eigenvalue weighted by Crippen LogP contribution is -2.18. The van der Waals surface area contributed by atoms with Crippen molar-refractivity contribution in [2.45, 2.75) is 6.92 Å². The van der Waals surface area contributed by atoms with Gasteiger partial charge in [0.15, 0.2) is 5.78 Å². The molecule has 0 saturated heterocycles. The fourth-order valence-corrected chi connectivity index (χ4v) is 1.36. The highest BCUT2D eigenvalue weighted by Gasteiger charge is 2.06. The minimum atomic E-state index is 0.0526. The molecule has 0 aliphatic rings. The third kappa shape index (κ3) is 2.10. The number of carbonyl (C=O) groups is 1. The Hall–Kier alpha value is -0.740. The number of ketones is 1. The van der Waals surface area contributed by atoms with Crippen LogP contribution in [0.5, 0.6) is 0 Å². The SMILES string of the molecule is CNCC(=O)c1csc(C)n1. The number of nitrogens with zero attached hydrogens (tertiary/aromatic N) is 1. The molecule has 0 saturated carbocycles. The molecule has 0 unspecified atom stereocenters. The molecule has 0 fully saturated rings. The minimum absolute atomic E-state index is 0.0526. The van der Waals surface area contributed by atoms with Crippen LogP contribution in [0.4, 0.5) is 0 Å². The molecule has 1 aromatic rings. The monoisotopic (exact) mass is 170 g/mol. The van der Waals surface area contributed by atoms with Crippen molar-refractivity contribution in [2.75, 3.05) is 13.6 Å². The van der Waals surface area contributed by atoms with Gasteiger partial charge in [-0.25, -0.2) is 4.98 Å². The molecule has 0 aliphatic carbocycles. The number of carbonyl (C=O) groups excluding carboxylic acids is 1. The van der Waals surface area contributed by atoms with E-state index in [1.165, 1.54) is 11.3 Å². The Labute approximate surface area is 69.5 Å². The molecule has 1 rings (SSSR count). The van der Waals surface area contributed by atoms with Crippen molar-refractivity contribution < 1.29 is 4.79 Å². The maximum absolute atomic E-state index is 11.1. The molecule has 0 radical (unpaired) electrons. The van der Waals surface area contributed by atoms with Crippen molar-refractivity contribution in [3.8, 4) is 0 Å². The highest BCUT2D eigenvalue weighted by molar-refractivity contribution is 7.09. The van der Waals surface area contributed by atoms with E-state index in [9.17, 15) is 4.79 Å². The third-order valence-corrected chi connectivity index (χ3v) is 2.02. The van der Waals surface area contributed by atoms with Gasteiger partial charge in [-0.1, -0.05) is 0 Å². The predicted molar refractivity (Wildman–Crippen MR) is 45.1 cm³/mol. The van der Waals surface area contributed by atoms with Crippen molar-refractivity contribution in [1.82, 2.24) is 10.3 Å². The summed E-state index contributed by atoms with van der Waals surface area (Å²) in [5.74, 6) is 0.0526. The van der Waals surface area contributed by atoms with Crippen LogP contribution in [0.25, 0.3) is 0 Å². The number of nitrogens with one attached hydrogen (secondary N) is 1. The van der Waals surface area contributed by atoms with Crippen molar-refractivity contribution in [2.24, 2.45) is 0 Å². The summed E-state index contributed by atoms with van der Waals surface area (Å²) in [6.45, 7) is 2.25. The molecular formula is C7H10N2OS. The van der Waals surface area contributed by atoms with Gasteiger partial charge in [0.2, 0.25) is 0 Å². The van der Waals surface area contributed by atoms with Crippen LogP contribution in [0.2, 0.25) is 0 Å². The van der Waals surface area contributed by atoms with Gasteiger partial charge in [0.1, 0.15) is 5.69 Å². The maximum Gasteiger partial charge on any atom is 0.195 e. The fourth-order valence-electron chi connectivity index (χ4n) is 0.743. The summed E-state index contributed by atoms with van der Waals surface area (Å²) >= 11 is 1.50. The Morgan fingerprint density at radius 3 is 3.00 bits per heavy atom. The Morgan fingerprint density at radius 1 is 1.82 bits per heavy atom. The number of thiazole rings is 1. The molecule has 0 aliphatic heterocycles. The molecular weight excluding hydrogens is 160 g/mol. The molecule has 4 heteroatoms. The Morgan fingerprint density at radius 2 is 2.55 bits per heavy atom. The number of hydrogen-bond acceptors (Lipinski definition) is 4. The second-order valence-electron chi connectivity index (χ2n) is 2.21. The van der Waals surface area contributed by atoms with E-state index in [1.807, 2.05) is 6.92 Å². The zero-order valence-electron chi connectivity index (χ0n) is 6.55. The number of Topliss-reactive ketones (excluding diaryl/α,β-unsaturated/α-hetero) is 1. The lowest BCUT2D eigenvalue weighted by Gasteiger charge is -1.92. The van der Waals surface area contributed by atoms with E-state index in [4.69, 9.17) is 0 Å². The number of rotatable bonds is 3. The van der Waals surface area contributed by atoms with E-state index in [1.54, 1.807) is 12.4 Å². The highest BCUT2D eigenvalue weighted by atomic mass is 32.1. The average molecular weight is 170 g/mol. The smallest absolute Gasteiger partial charge is 0.195 e. The Bertz CT molecular complexity index is 257. The van der Waals surface area contributed by atoms with Gasteiger partial charge in [-0.2, -0.15) is 0 Å². The maximum atomic E-state index is 11.1. The summed E-state index contributed by atoms with van der Waals surface area (Å²) in [4.78, 5) is 15.2. The van der Waals surface area contributed by atoms with Crippen molar-refractivity contribution in [1.29, 1.82) is 0 Å². The van der Waals surface area contributed by atoms with Crippen LogP contribution in [0, 0.1) is 6.92 Å². The summed E-state index contributed by atoms with van der Waals surface area (Å²) in [5.41, 5.74) is 0.571. The third-order valence-electron chi connectivity index (χ3n) is 1.24. The quantitative estimate of drug-likeness (QED) is 0.684. The van der Waals surface area contributed by atoms with Crippen LogP contribution < -0.4 is 5.32 Å². The molecule has 11 heavy (non-hydrogen) atoms. The van der Waals surface area contributed by atoms with Gasteiger partial charge >= 0.3 is 0 Å². The minimum Gasteiger partial charge on any atom is -0.313 e. The van der Waals surface area contributed by atoms with Gasteiger partial charge in [-0.3, -0.25) is 4.79 Å². The fraction of sp³-hybridized carbons (Fsp3) is 0.429. The first kappa shape index (κ1) is 8.36. The molecule has 0 aromatic carbocycles. The summed E-state index contributed by atoms with van der Waals surface area (Å²) in [5, 5.41) is 5.51. The van der Waals surface area contributed by atoms with E-state index in [0.717, 1.165) is 5.01 Å². The van der Waals surface area contributed by atoms with Crippen LogP contribution in [-0.2, 0) is 0 Å². The first-order valence-corrected chi connectivity index (χ1v) is 4.22. The largest absolute Gasteiger partial charge is 0.313 e. The van der Waals surface area contributed by atoms with Crippen LogP contribution in [0.15, 0.2) is 5.38 Å². The van der Waals surface area contributed by atoms with Crippen molar-refractivity contribution in [3.63, 3.8) is 0 Å². The summed E-state index contributed by atoms with van der Waals surface area (Å²) in [7, 11) is 1.75. The zero-order chi connectivity index (χ0) is 8.27. The van der Waals surface area contributed by atoms with E-state index in [2.05, 4.69) is 10.3 Å². The van der Waals surface area contributed by atoms with Crippen LogP contribution >= 0.6 is 11.3 Å². The molecule has 1 N–H and O–H groups in total. The number of likely N-dealkylation sites (N-methyl/N-ethyl adjacent to an activating group) is 1. The molecule has 0 bridgehead atoms. The second-order valence-corrected chi connectivity index (χ2v) is 3.27. The standard InChI is InChI=1S/C7H10N2OS/c1-5-9-6(4-11-5)7(10)3-8-2/h4,8H,3H2,1-2H3. The lowest BCUT2D eigenvalue weighted by molar-refractivity contribution is 0.0989. The zero-order valence-corrected chi connectivity index (χ0v) is 7.36. The van der Waals surface area contributed by atoms with Crippen molar-refractivity contribution >= 4 is 17.1 Å². The van der Waals surface area contributed by atoms with E-state index in [0.29, 0.717) is 12.2 Å². The van der Waals surface area contributed by atoms with Crippen LogP contribution in [-0.4, -0.2) is 24.4 Å². The van der Waals surface area contributed by atoms with Crippen molar-refractivity contribution in [3.05, 3.63) is 16.1 Å².